The summed E-state index contributed by atoms with van der Waals surface area (Å²) in [4.78, 5) is 12.2. The van der Waals surface area contributed by atoms with E-state index in [1.165, 1.54) is 19.3 Å². The van der Waals surface area contributed by atoms with Crippen LogP contribution in [0.2, 0.25) is 0 Å². The number of carbonyl (C=O) groups is 1. The fraction of sp³-hybridized carbons (Fsp3) is 0.588. The SMILES string of the molecule is COc1ccc(N(CC(=O)NCC2CCCCC2)S(C)(=O)=O)cc1. The van der Waals surface area contributed by atoms with Crippen molar-refractivity contribution in [2.45, 2.75) is 32.1 Å². The van der Waals surface area contributed by atoms with Gasteiger partial charge in [-0.2, -0.15) is 0 Å². The van der Waals surface area contributed by atoms with Gasteiger partial charge in [-0.15, -0.1) is 0 Å². The van der Waals surface area contributed by atoms with Crippen LogP contribution in [-0.4, -0.2) is 40.8 Å². The maximum Gasteiger partial charge on any atom is 0.240 e. The number of ether oxygens (including phenoxy) is 1. The summed E-state index contributed by atoms with van der Waals surface area (Å²) in [5, 5.41) is 2.88. The van der Waals surface area contributed by atoms with Crippen LogP contribution in [0.15, 0.2) is 24.3 Å². The zero-order chi connectivity index (χ0) is 17.6. The molecule has 0 atom stereocenters. The summed E-state index contributed by atoms with van der Waals surface area (Å²) in [6.45, 7) is 0.414. The van der Waals surface area contributed by atoms with Gasteiger partial charge in [-0.05, 0) is 43.0 Å². The Morgan fingerprint density at radius 1 is 1.21 bits per heavy atom. The summed E-state index contributed by atoms with van der Waals surface area (Å²) in [5.74, 6) is 0.867. The Bertz CT molecular complexity index is 637. The lowest BCUT2D eigenvalue weighted by Gasteiger charge is -2.24. The number of anilines is 1. The van der Waals surface area contributed by atoms with Crippen molar-refractivity contribution < 1.29 is 17.9 Å². The number of rotatable bonds is 7. The summed E-state index contributed by atoms with van der Waals surface area (Å²) in [6.07, 6.45) is 7.06. The van der Waals surface area contributed by atoms with Crippen LogP contribution >= 0.6 is 0 Å². The molecule has 0 heterocycles. The first-order valence-corrected chi connectivity index (χ1v) is 10.1. The van der Waals surface area contributed by atoms with Gasteiger partial charge < -0.3 is 10.1 Å². The van der Waals surface area contributed by atoms with Crippen molar-refractivity contribution in [1.82, 2.24) is 5.32 Å². The Morgan fingerprint density at radius 2 is 1.83 bits per heavy atom. The molecule has 24 heavy (non-hydrogen) atoms. The summed E-state index contributed by atoms with van der Waals surface area (Å²) in [6, 6.07) is 6.61. The summed E-state index contributed by atoms with van der Waals surface area (Å²) < 4.78 is 30.3. The lowest BCUT2D eigenvalue weighted by molar-refractivity contribution is -0.119. The molecule has 0 saturated heterocycles. The predicted molar refractivity (Wildman–Crippen MR) is 94.8 cm³/mol. The molecule has 1 aromatic rings. The van der Waals surface area contributed by atoms with Gasteiger partial charge in [0.25, 0.3) is 0 Å². The van der Waals surface area contributed by atoms with Gasteiger partial charge in [-0.1, -0.05) is 19.3 Å². The molecule has 0 aromatic heterocycles. The Kier molecular flexibility index (Phi) is 6.48. The third kappa shape index (κ3) is 5.40. The van der Waals surface area contributed by atoms with E-state index in [-0.39, 0.29) is 12.5 Å². The molecule has 0 radical (unpaired) electrons. The average molecular weight is 354 g/mol. The number of benzene rings is 1. The molecule has 1 saturated carbocycles. The molecule has 0 spiro atoms. The molecule has 0 aliphatic heterocycles. The third-order valence-electron chi connectivity index (χ3n) is 4.36. The molecule has 1 aliphatic carbocycles. The Hall–Kier alpha value is -1.76. The molecule has 2 rings (SSSR count). The van der Waals surface area contributed by atoms with Gasteiger partial charge in [-0.3, -0.25) is 9.10 Å². The van der Waals surface area contributed by atoms with E-state index in [0.717, 1.165) is 23.4 Å². The zero-order valence-corrected chi connectivity index (χ0v) is 15.1. The summed E-state index contributed by atoms with van der Waals surface area (Å²) in [5.41, 5.74) is 0.450. The fourth-order valence-corrected chi connectivity index (χ4v) is 3.84. The lowest BCUT2D eigenvalue weighted by Crippen LogP contribution is -2.41. The van der Waals surface area contributed by atoms with Gasteiger partial charge in [-0.25, -0.2) is 8.42 Å². The van der Waals surface area contributed by atoms with Crippen LogP contribution in [-0.2, 0) is 14.8 Å². The van der Waals surface area contributed by atoms with E-state index in [1.807, 2.05) is 0 Å². The van der Waals surface area contributed by atoms with E-state index in [2.05, 4.69) is 5.32 Å². The van der Waals surface area contributed by atoms with Crippen molar-refractivity contribution in [1.29, 1.82) is 0 Å². The fourth-order valence-electron chi connectivity index (χ4n) is 2.98. The normalized spacial score (nSPS) is 15.8. The second-order valence-electron chi connectivity index (χ2n) is 6.28. The molecule has 0 unspecified atom stereocenters. The molecule has 1 N–H and O–H groups in total. The van der Waals surface area contributed by atoms with Crippen molar-refractivity contribution in [3.8, 4) is 5.75 Å². The maximum absolute atomic E-state index is 12.2. The number of sulfonamides is 1. The van der Waals surface area contributed by atoms with Gasteiger partial charge in [0.05, 0.1) is 19.1 Å². The van der Waals surface area contributed by atoms with E-state index in [4.69, 9.17) is 4.74 Å². The number of hydrogen-bond acceptors (Lipinski definition) is 4. The largest absolute Gasteiger partial charge is 0.497 e. The first-order valence-electron chi connectivity index (χ1n) is 8.28. The monoisotopic (exact) mass is 354 g/mol. The highest BCUT2D eigenvalue weighted by Gasteiger charge is 2.21. The zero-order valence-electron chi connectivity index (χ0n) is 14.3. The van der Waals surface area contributed by atoms with Crippen LogP contribution in [0.3, 0.4) is 0 Å². The van der Waals surface area contributed by atoms with E-state index >= 15 is 0 Å². The van der Waals surface area contributed by atoms with Crippen molar-refractivity contribution in [2.75, 3.05) is 30.8 Å². The van der Waals surface area contributed by atoms with Gasteiger partial charge in [0.15, 0.2) is 0 Å². The number of carbonyl (C=O) groups excluding carboxylic acids is 1. The van der Waals surface area contributed by atoms with Crippen molar-refractivity contribution >= 4 is 21.6 Å². The van der Waals surface area contributed by atoms with Gasteiger partial charge in [0.1, 0.15) is 12.3 Å². The summed E-state index contributed by atoms with van der Waals surface area (Å²) in [7, 11) is -2.00. The van der Waals surface area contributed by atoms with Crippen LogP contribution in [0.4, 0.5) is 5.69 Å². The van der Waals surface area contributed by atoms with Crippen LogP contribution in [0.1, 0.15) is 32.1 Å². The predicted octanol–water partition coefficient (Wildman–Crippen LogP) is 2.16. The Morgan fingerprint density at radius 3 is 2.38 bits per heavy atom. The maximum atomic E-state index is 12.2. The smallest absolute Gasteiger partial charge is 0.240 e. The molecule has 1 fully saturated rings. The first-order chi connectivity index (χ1) is 11.4. The minimum Gasteiger partial charge on any atom is -0.497 e. The Labute approximate surface area is 144 Å². The number of nitrogens with one attached hydrogen (secondary N) is 1. The van der Waals surface area contributed by atoms with Crippen molar-refractivity contribution in [3.63, 3.8) is 0 Å². The van der Waals surface area contributed by atoms with Gasteiger partial charge in [0.2, 0.25) is 15.9 Å². The lowest BCUT2D eigenvalue weighted by atomic mass is 9.89. The highest BCUT2D eigenvalue weighted by atomic mass is 32.2. The van der Waals surface area contributed by atoms with E-state index in [9.17, 15) is 13.2 Å². The van der Waals surface area contributed by atoms with E-state index < -0.39 is 10.0 Å². The standard InChI is InChI=1S/C17H26N2O4S/c1-23-16-10-8-15(9-11-16)19(24(2,21)22)13-17(20)18-12-14-6-4-3-5-7-14/h8-11,14H,3-7,12-13H2,1-2H3,(H,18,20). The second-order valence-corrected chi connectivity index (χ2v) is 8.18. The number of nitrogens with zero attached hydrogens (tertiary/aromatic N) is 1. The van der Waals surface area contributed by atoms with Gasteiger partial charge in [0, 0.05) is 6.54 Å². The number of methoxy groups -OCH3 is 1. The minimum absolute atomic E-state index is 0.210. The quantitative estimate of drug-likeness (QED) is 0.814. The van der Waals surface area contributed by atoms with E-state index in [1.54, 1.807) is 31.4 Å². The van der Waals surface area contributed by atoms with Crippen molar-refractivity contribution in [2.24, 2.45) is 5.92 Å². The second kappa shape index (κ2) is 8.37. The average Bonchev–Trinajstić information content (AvgIpc) is 2.58. The molecule has 1 amide bonds. The molecule has 134 valence electrons. The number of amides is 1. The molecular formula is C17H26N2O4S. The van der Waals surface area contributed by atoms with Crippen LogP contribution in [0.25, 0.3) is 0 Å². The van der Waals surface area contributed by atoms with Crippen LogP contribution < -0.4 is 14.4 Å². The molecule has 7 heteroatoms. The highest BCUT2D eigenvalue weighted by Crippen LogP contribution is 2.23. The topological polar surface area (TPSA) is 75.7 Å². The minimum atomic E-state index is -3.54. The van der Waals surface area contributed by atoms with Gasteiger partial charge >= 0.3 is 0 Å². The molecular weight excluding hydrogens is 328 g/mol. The molecule has 6 nitrogen and oxygen atoms in total. The molecule has 0 bridgehead atoms. The first kappa shape index (κ1) is 18.6. The van der Waals surface area contributed by atoms with Crippen LogP contribution in [0, 0.1) is 5.92 Å². The van der Waals surface area contributed by atoms with Crippen molar-refractivity contribution in [3.05, 3.63) is 24.3 Å². The Balaban J connectivity index is 1.98. The van der Waals surface area contributed by atoms with Crippen LogP contribution in [0.5, 0.6) is 5.75 Å². The third-order valence-corrected chi connectivity index (χ3v) is 5.50. The number of hydrogen-bond donors (Lipinski definition) is 1. The highest BCUT2D eigenvalue weighted by molar-refractivity contribution is 7.92. The summed E-state index contributed by atoms with van der Waals surface area (Å²) >= 11 is 0. The van der Waals surface area contributed by atoms with E-state index in [0.29, 0.717) is 23.9 Å². The molecule has 1 aliphatic rings. The molecule has 1 aromatic carbocycles.